The first-order valence-electron chi connectivity index (χ1n) is 6.69. The van der Waals surface area contributed by atoms with Crippen LogP contribution in [0.15, 0.2) is 28.9 Å². The average Bonchev–Trinajstić information content (AvgIpc) is 2.81. The Morgan fingerprint density at radius 1 is 1.16 bits per heavy atom. The van der Waals surface area contributed by atoms with Crippen LogP contribution in [0.25, 0.3) is 0 Å². The van der Waals surface area contributed by atoms with E-state index in [1.165, 1.54) is 16.7 Å². The first-order valence-corrected chi connectivity index (χ1v) is 6.69. The molecule has 0 aliphatic heterocycles. The van der Waals surface area contributed by atoms with Crippen LogP contribution >= 0.6 is 0 Å². The fourth-order valence-electron chi connectivity index (χ4n) is 2.61. The van der Waals surface area contributed by atoms with E-state index in [1.54, 1.807) is 12.3 Å². The maximum absolute atomic E-state index is 12.4. The monoisotopic (exact) mass is 256 g/mol. The molecule has 2 aromatic rings. The molecule has 100 valence electrons. The molecule has 0 atom stereocenters. The van der Waals surface area contributed by atoms with Gasteiger partial charge in [-0.25, -0.2) is 0 Å². The molecule has 0 amide bonds. The van der Waals surface area contributed by atoms with Gasteiger partial charge >= 0.3 is 0 Å². The lowest BCUT2D eigenvalue weighted by Gasteiger charge is -2.10. The highest BCUT2D eigenvalue weighted by Gasteiger charge is 2.16. The Morgan fingerprint density at radius 2 is 1.79 bits per heavy atom. The molecule has 0 saturated heterocycles. The van der Waals surface area contributed by atoms with Crippen LogP contribution in [-0.4, -0.2) is 5.78 Å². The van der Waals surface area contributed by atoms with Crippen molar-refractivity contribution in [2.45, 2.75) is 40.5 Å². The van der Waals surface area contributed by atoms with Crippen LogP contribution < -0.4 is 0 Å². The third kappa shape index (κ3) is 2.78. The van der Waals surface area contributed by atoms with Crippen LogP contribution in [0, 0.1) is 20.8 Å². The molecule has 0 aliphatic carbocycles. The summed E-state index contributed by atoms with van der Waals surface area (Å²) in [5, 5.41) is 0. The van der Waals surface area contributed by atoms with Gasteiger partial charge in [0.25, 0.3) is 0 Å². The summed E-state index contributed by atoms with van der Waals surface area (Å²) < 4.78 is 5.33. The molecule has 2 heteroatoms. The van der Waals surface area contributed by atoms with E-state index in [9.17, 15) is 4.79 Å². The molecule has 1 aromatic heterocycles. The maximum Gasteiger partial charge on any atom is 0.170 e. The second kappa shape index (κ2) is 5.43. The summed E-state index contributed by atoms with van der Waals surface area (Å²) >= 11 is 0. The Balaban J connectivity index is 2.29. The van der Waals surface area contributed by atoms with Gasteiger partial charge in [-0.3, -0.25) is 4.79 Å². The number of hydrogen-bond donors (Lipinski definition) is 0. The molecular weight excluding hydrogens is 236 g/mol. The smallest absolute Gasteiger partial charge is 0.170 e. The van der Waals surface area contributed by atoms with Gasteiger partial charge in [0.15, 0.2) is 5.78 Å². The number of hydrogen-bond acceptors (Lipinski definition) is 2. The Labute approximate surface area is 114 Å². The molecule has 1 heterocycles. The molecule has 0 N–H and O–H groups in total. The van der Waals surface area contributed by atoms with Crippen molar-refractivity contribution in [2.24, 2.45) is 0 Å². The second-order valence-electron chi connectivity index (χ2n) is 5.09. The van der Waals surface area contributed by atoms with Gasteiger partial charge in [-0.05, 0) is 43.5 Å². The number of ketones is 1. The van der Waals surface area contributed by atoms with Crippen LogP contribution in [0.5, 0.6) is 0 Å². The van der Waals surface area contributed by atoms with Gasteiger partial charge < -0.3 is 4.42 Å². The molecule has 0 bridgehead atoms. The largest absolute Gasteiger partial charge is 0.469 e. The van der Waals surface area contributed by atoms with Crippen molar-refractivity contribution >= 4 is 5.78 Å². The van der Waals surface area contributed by atoms with Crippen LogP contribution in [0.2, 0.25) is 0 Å². The Kier molecular flexibility index (Phi) is 3.89. The molecule has 0 saturated carbocycles. The lowest BCUT2D eigenvalue weighted by molar-refractivity contribution is 0.0990. The molecule has 0 fully saturated rings. The predicted octanol–water partition coefficient (Wildman–Crippen LogP) is 4.19. The molecule has 0 spiro atoms. The highest BCUT2D eigenvalue weighted by Crippen LogP contribution is 2.20. The summed E-state index contributed by atoms with van der Waals surface area (Å²) in [6.07, 6.45) is 2.80. The van der Waals surface area contributed by atoms with Crippen molar-refractivity contribution in [3.05, 3.63) is 58.0 Å². The number of Topliss-reactive ketones (excluding diaryl/α,β-unsaturated/α-hetero) is 1. The molecule has 2 rings (SSSR count). The molecule has 2 nitrogen and oxygen atoms in total. The molecule has 0 aliphatic rings. The summed E-state index contributed by atoms with van der Waals surface area (Å²) in [6.45, 7) is 8.21. The minimum absolute atomic E-state index is 0.139. The zero-order chi connectivity index (χ0) is 14.0. The van der Waals surface area contributed by atoms with Crippen LogP contribution in [0.3, 0.4) is 0 Å². The Hall–Kier alpha value is -1.83. The van der Waals surface area contributed by atoms with Crippen molar-refractivity contribution in [3.8, 4) is 0 Å². The standard InChI is InChI=1S/C17H20O2/c1-5-17-14(6-7-19-17)16(18)10-15-12(3)8-11(2)9-13(15)4/h6-9H,5,10H2,1-4H3. The van der Waals surface area contributed by atoms with Crippen LogP contribution in [-0.2, 0) is 12.8 Å². The number of carbonyl (C=O) groups is 1. The summed E-state index contributed by atoms with van der Waals surface area (Å²) in [7, 11) is 0. The van der Waals surface area contributed by atoms with Gasteiger partial charge in [-0.15, -0.1) is 0 Å². The number of benzene rings is 1. The third-order valence-electron chi connectivity index (χ3n) is 3.54. The zero-order valence-corrected chi connectivity index (χ0v) is 12.0. The summed E-state index contributed by atoms with van der Waals surface area (Å²) in [6, 6.07) is 6.04. The van der Waals surface area contributed by atoms with E-state index in [0.717, 1.165) is 23.3 Å². The molecule has 19 heavy (non-hydrogen) atoms. The van der Waals surface area contributed by atoms with E-state index in [-0.39, 0.29) is 5.78 Å². The fourth-order valence-corrected chi connectivity index (χ4v) is 2.61. The quantitative estimate of drug-likeness (QED) is 0.768. The van der Waals surface area contributed by atoms with Gasteiger partial charge in [0, 0.05) is 12.8 Å². The maximum atomic E-state index is 12.4. The predicted molar refractivity (Wildman–Crippen MR) is 76.8 cm³/mol. The molecular formula is C17H20O2. The van der Waals surface area contributed by atoms with E-state index in [0.29, 0.717) is 6.42 Å². The highest BCUT2D eigenvalue weighted by atomic mass is 16.3. The van der Waals surface area contributed by atoms with Crippen molar-refractivity contribution in [3.63, 3.8) is 0 Å². The lowest BCUT2D eigenvalue weighted by atomic mass is 9.94. The minimum Gasteiger partial charge on any atom is -0.469 e. The summed E-state index contributed by atoms with van der Waals surface area (Å²) in [5.41, 5.74) is 5.48. The highest BCUT2D eigenvalue weighted by molar-refractivity contribution is 5.98. The number of aryl methyl sites for hydroxylation is 4. The fraction of sp³-hybridized carbons (Fsp3) is 0.353. The SMILES string of the molecule is CCc1occc1C(=O)Cc1c(C)cc(C)cc1C. The Morgan fingerprint density at radius 3 is 2.37 bits per heavy atom. The van der Waals surface area contributed by atoms with Crippen molar-refractivity contribution in [2.75, 3.05) is 0 Å². The van der Waals surface area contributed by atoms with Crippen LogP contribution in [0.1, 0.15) is 45.3 Å². The van der Waals surface area contributed by atoms with E-state index in [2.05, 4.69) is 32.9 Å². The van der Waals surface area contributed by atoms with Gasteiger partial charge in [-0.2, -0.15) is 0 Å². The molecule has 1 aromatic carbocycles. The van der Waals surface area contributed by atoms with Crippen LogP contribution in [0.4, 0.5) is 0 Å². The zero-order valence-electron chi connectivity index (χ0n) is 12.0. The molecule has 0 radical (unpaired) electrons. The number of furan rings is 1. The number of rotatable bonds is 4. The van der Waals surface area contributed by atoms with Crippen molar-refractivity contribution < 1.29 is 9.21 Å². The van der Waals surface area contributed by atoms with E-state index in [4.69, 9.17) is 4.42 Å². The normalized spacial score (nSPS) is 10.7. The van der Waals surface area contributed by atoms with Gasteiger partial charge in [0.2, 0.25) is 0 Å². The van der Waals surface area contributed by atoms with E-state index < -0.39 is 0 Å². The van der Waals surface area contributed by atoms with Gasteiger partial charge in [0.05, 0.1) is 11.8 Å². The average molecular weight is 256 g/mol. The van der Waals surface area contributed by atoms with Gasteiger partial charge in [-0.1, -0.05) is 24.6 Å². The van der Waals surface area contributed by atoms with E-state index >= 15 is 0 Å². The summed E-state index contributed by atoms with van der Waals surface area (Å²) in [4.78, 5) is 12.4. The van der Waals surface area contributed by atoms with Crippen molar-refractivity contribution in [1.29, 1.82) is 0 Å². The Bertz CT molecular complexity index is 582. The second-order valence-corrected chi connectivity index (χ2v) is 5.09. The third-order valence-corrected chi connectivity index (χ3v) is 3.54. The first-order chi connectivity index (χ1) is 9.02. The lowest BCUT2D eigenvalue weighted by Crippen LogP contribution is -2.07. The minimum atomic E-state index is 0.139. The van der Waals surface area contributed by atoms with Crippen molar-refractivity contribution in [1.82, 2.24) is 0 Å². The van der Waals surface area contributed by atoms with Gasteiger partial charge in [0.1, 0.15) is 5.76 Å². The number of carbonyl (C=O) groups excluding carboxylic acids is 1. The first kappa shape index (κ1) is 13.6. The summed E-state index contributed by atoms with van der Waals surface area (Å²) in [5.74, 6) is 0.924. The van der Waals surface area contributed by atoms with E-state index in [1.807, 2.05) is 6.92 Å². The molecule has 0 unspecified atom stereocenters. The topological polar surface area (TPSA) is 30.2 Å².